The summed E-state index contributed by atoms with van der Waals surface area (Å²) in [7, 11) is -1.24. The molecule has 0 bridgehead atoms. The molecule has 3 aromatic rings. The molecule has 1 spiro atoms. The minimum absolute atomic E-state index is 0.0500. The van der Waals surface area contributed by atoms with Crippen molar-refractivity contribution < 1.29 is 27.2 Å². The summed E-state index contributed by atoms with van der Waals surface area (Å²) in [6.45, 7) is 5.84. The van der Waals surface area contributed by atoms with Crippen LogP contribution in [0.1, 0.15) is 68.8 Å². The molecule has 230 valence electrons. The van der Waals surface area contributed by atoms with Gasteiger partial charge in [-0.25, -0.2) is 8.42 Å². The van der Waals surface area contributed by atoms with Gasteiger partial charge in [0.25, 0.3) is 15.9 Å². The van der Waals surface area contributed by atoms with Crippen LogP contribution in [0.25, 0.3) is 11.1 Å². The Morgan fingerprint density at radius 3 is 2.40 bits per heavy atom. The molecule has 12 heteroatoms. The first-order valence-electron chi connectivity index (χ1n) is 14.4. The van der Waals surface area contributed by atoms with E-state index in [4.69, 9.17) is 30.6 Å². The van der Waals surface area contributed by atoms with E-state index < -0.39 is 15.6 Å². The van der Waals surface area contributed by atoms with Crippen LogP contribution >= 0.6 is 11.6 Å². The van der Waals surface area contributed by atoms with Crippen LogP contribution in [0.4, 0.5) is 5.82 Å². The first kappa shape index (κ1) is 30.9. The second-order valence-electron chi connectivity index (χ2n) is 11.1. The highest BCUT2D eigenvalue weighted by Crippen LogP contribution is 2.42. The highest BCUT2D eigenvalue weighted by molar-refractivity contribution is 7.92. The normalized spacial score (nSPS) is 16.2. The number of ether oxygens (including phenoxy) is 2. The average Bonchev–Trinajstić information content (AvgIpc) is 3.67. The van der Waals surface area contributed by atoms with Crippen molar-refractivity contribution in [3.63, 3.8) is 0 Å². The lowest BCUT2D eigenvalue weighted by molar-refractivity contribution is -0.131. The van der Waals surface area contributed by atoms with Crippen LogP contribution in [0.15, 0.2) is 44.7 Å². The number of nitrogens with one attached hydrogen (secondary N) is 1. The van der Waals surface area contributed by atoms with Gasteiger partial charge in [-0.1, -0.05) is 55.1 Å². The summed E-state index contributed by atoms with van der Waals surface area (Å²) in [5.41, 5.74) is 1.59. The highest BCUT2D eigenvalue weighted by Gasteiger charge is 2.49. The van der Waals surface area contributed by atoms with Gasteiger partial charge < -0.3 is 14.0 Å². The molecule has 2 aliphatic rings. The van der Waals surface area contributed by atoms with Crippen LogP contribution in [-0.2, 0) is 21.4 Å². The maximum absolute atomic E-state index is 13.7. The van der Waals surface area contributed by atoms with E-state index in [9.17, 15) is 13.2 Å². The predicted molar refractivity (Wildman–Crippen MR) is 165 cm³/mol. The first-order chi connectivity index (χ1) is 20.5. The van der Waals surface area contributed by atoms with Crippen LogP contribution in [0.5, 0.6) is 11.5 Å². The molecule has 1 saturated carbocycles. The van der Waals surface area contributed by atoms with Gasteiger partial charge >= 0.3 is 0 Å². The average molecular weight is 629 g/mol. The van der Waals surface area contributed by atoms with Crippen molar-refractivity contribution in [1.82, 2.24) is 10.1 Å². The molecular formula is C31H37ClN4O6S. The van der Waals surface area contributed by atoms with Crippen molar-refractivity contribution in [2.75, 3.05) is 18.9 Å². The SMILES string of the molecule is CCCCC1=NC2(CCCC2)C(=O)N1Cc1ccc(-c2cc(OC)c(OC)cc2S(=O)(=O)Nc2noc(C)c2C)cc1Cl. The third-order valence-corrected chi connectivity index (χ3v) is 10.1. The molecule has 0 saturated heterocycles. The zero-order valence-electron chi connectivity index (χ0n) is 25.1. The second-order valence-corrected chi connectivity index (χ2v) is 13.1. The number of carbonyl (C=O) groups excluding carboxylic acids is 1. The fraction of sp³-hybridized carbons (Fsp3) is 0.452. The summed E-state index contributed by atoms with van der Waals surface area (Å²) in [5.74, 6) is 2.08. The summed E-state index contributed by atoms with van der Waals surface area (Å²) in [6, 6.07) is 8.33. The van der Waals surface area contributed by atoms with Gasteiger partial charge in [0.1, 0.15) is 17.1 Å². The van der Waals surface area contributed by atoms with Gasteiger partial charge in [-0.3, -0.25) is 19.4 Å². The molecular weight excluding hydrogens is 592 g/mol. The molecule has 0 unspecified atom stereocenters. The Bertz CT molecular complexity index is 1680. The monoisotopic (exact) mass is 628 g/mol. The molecule has 1 aliphatic carbocycles. The number of halogens is 1. The second kappa shape index (κ2) is 12.2. The number of amidine groups is 1. The van der Waals surface area contributed by atoms with Gasteiger partial charge in [0.15, 0.2) is 17.3 Å². The van der Waals surface area contributed by atoms with Crippen LogP contribution in [0.2, 0.25) is 5.02 Å². The number of methoxy groups -OCH3 is 2. The molecule has 1 amide bonds. The third-order valence-electron chi connectivity index (χ3n) is 8.34. The van der Waals surface area contributed by atoms with Crippen molar-refractivity contribution >= 4 is 39.2 Å². The molecule has 0 atom stereocenters. The van der Waals surface area contributed by atoms with E-state index in [1.54, 1.807) is 36.9 Å². The van der Waals surface area contributed by atoms with Gasteiger partial charge in [-0.15, -0.1) is 0 Å². The molecule has 1 aromatic heterocycles. The minimum atomic E-state index is -4.16. The Morgan fingerprint density at radius 2 is 1.79 bits per heavy atom. The molecule has 43 heavy (non-hydrogen) atoms. The minimum Gasteiger partial charge on any atom is -0.493 e. The maximum Gasteiger partial charge on any atom is 0.263 e. The van der Waals surface area contributed by atoms with Crippen LogP contribution in [0.3, 0.4) is 0 Å². The zero-order chi connectivity index (χ0) is 30.9. The number of benzene rings is 2. The number of hydrogen-bond acceptors (Lipinski definition) is 8. The van der Waals surface area contributed by atoms with E-state index in [0.717, 1.165) is 56.3 Å². The number of nitrogens with zero attached hydrogens (tertiary/aromatic N) is 3. The topological polar surface area (TPSA) is 123 Å². The quantitative estimate of drug-likeness (QED) is 0.251. The van der Waals surface area contributed by atoms with E-state index in [2.05, 4.69) is 16.8 Å². The van der Waals surface area contributed by atoms with E-state index in [-0.39, 0.29) is 22.4 Å². The van der Waals surface area contributed by atoms with Crippen LogP contribution < -0.4 is 14.2 Å². The molecule has 2 aromatic carbocycles. The first-order valence-corrected chi connectivity index (χ1v) is 16.3. The van der Waals surface area contributed by atoms with Gasteiger partial charge in [-0.2, -0.15) is 0 Å². The van der Waals surface area contributed by atoms with E-state index in [1.807, 2.05) is 6.07 Å². The number of hydrogen-bond donors (Lipinski definition) is 1. The van der Waals surface area contributed by atoms with E-state index in [0.29, 0.717) is 39.8 Å². The number of unbranched alkanes of at least 4 members (excludes halogenated alkanes) is 1. The Hall–Kier alpha value is -3.57. The van der Waals surface area contributed by atoms with Crippen molar-refractivity contribution in [3.8, 4) is 22.6 Å². The maximum atomic E-state index is 13.7. The summed E-state index contributed by atoms with van der Waals surface area (Å²) in [5, 5.41) is 4.26. The molecule has 0 radical (unpaired) electrons. The van der Waals surface area contributed by atoms with Crippen molar-refractivity contribution in [2.24, 2.45) is 4.99 Å². The summed E-state index contributed by atoms with van der Waals surface area (Å²) < 4.78 is 46.0. The lowest BCUT2D eigenvalue weighted by Crippen LogP contribution is -2.40. The number of aliphatic imine (C=N–C) groups is 1. The van der Waals surface area contributed by atoms with Gasteiger partial charge in [0.2, 0.25) is 0 Å². The number of anilines is 1. The Labute approximate surface area is 257 Å². The molecule has 10 nitrogen and oxygen atoms in total. The molecule has 2 heterocycles. The van der Waals surface area contributed by atoms with Crippen LogP contribution in [0, 0.1) is 13.8 Å². The number of sulfonamides is 1. The van der Waals surface area contributed by atoms with Crippen molar-refractivity contribution in [3.05, 3.63) is 52.2 Å². The largest absolute Gasteiger partial charge is 0.493 e. The van der Waals surface area contributed by atoms with Crippen molar-refractivity contribution in [1.29, 1.82) is 0 Å². The summed E-state index contributed by atoms with van der Waals surface area (Å²) in [4.78, 5) is 20.3. The Balaban J connectivity index is 1.51. The highest BCUT2D eigenvalue weighted by atomic mass is 35.5. The number of amides is 1. The van der Waals surface area contributed by atoms with Gasteiger partial charge in [-0.05, 0) is 56.4 Å². The molecule has 1 N–H and O–H groups in total. The van der Waals surface area contributed by atoms with E-state index in [1.165, 1.54) is 20.3 Å². The van der Waals surface area contributed by atoms with E-state index >= 15 is 0 Å². The summed E-state index contributed by atoms with van der Waals surface area (Å²) in [6.07, 6.45) is 6.26. The Kier molecular flexibility index (Phi) is 8.76. The summed E-state index contributed by atoms with van der Waals surface area (Å²) >= 11 is 6.84. The Morgan fingerprint density at radius 1 is 1.09 bits per heavy atom. The zero-order valence-corrected chi connectivity index (χ0v) is 26.7. The molecule has 1 aliphatic heterocycles. The standard InChI is InChI=1S/C31H37ClN4O6S/c1-6-7-10-28-33-31(13-8-9-14-31)30(37)36(28)18-22-12-11-21(15-24(22)32)23-16-25(40-4)26(41-5)17-27(23)43(38,39)35-29-19(2)20(3)42-34-29/h11-12,15-17H,6-10,13-14,18H2,1-5H3,(H,34,35). The smallest absolute Gasteiger partial charge is 0.263 e. The fourth-order valence-electron chi connectivity index (χ4n) is 5.71. The lowest BCUT2D eigenvalue weighted by atomic mass is 9.98. The number of aromatic nitrogens is 1. The van der Waals surface area contributed by atoms with Gasteiger partial charge in [0, 0.05) is 28.6 Å². The van der Waals surface area contributed by atoms with Crippen LogP contribution in [-0.4, -0.2) is 50.0 Å². The lowest BCUT2D eigenvalue weighted by Gasteiger charge is -2.23. The third kappa shape index (κ3) is 5.84. The number of rotatable bonds is 11. The van der Waals surface area contributed by atoms with Gasteiger partial charge in [0.05, 0.1) is 25.7 Å². The number of carbonyl (C=O) groups is 1. The molecule has 1 fully saturated rings. The molecule has 5 rings (SSSR count). The number of aryl methyl sites for hydroxylation is 1. The predicted octanol–water partition coefficient (Wildman–Crippen LogP) is 6.67. The fourth-order valence-corrected chi connectivity index (χ4v) is 7.24. The van der Waals surface area contributed by atoms with Crippen molar-refractivity contribution in [2.45, 2.75) is 82.7 Å².